The third-order valence-corrected chi connectivity index (χ3v) is 1.91. The van der Waals surface area contributed by atoms with Gasteiger partial charge in [0.2, 0.25) is 5.95 Å². The third-order valence-electron chi connectivity index (χ3n) is 1.33. The van der Waals surface area contributed by atoms with Gasteiger partial charge in [0, 0.05) is 12.7 Å². The van der Waals surface area contributed by atoms with Gasteiger partial charge in [-0.3, -0.25) is 0 Å². The Labute approximate surface area is 84.5 Å². The van der Waals surface area contributed by atoms with Gasteiger partial charge in [-0.1, -0.05) is 0 Å². The van der Waals surface area contributed by atoms with Crippen LogP contribution in [0.1, 0.15) is 6.92 Å². The molecule has 1 rings (SSSR count). The number of hydrogen-bond donors (Lipinski definition) is 3. The Morgan fingerprint density at radius 3 is 3.08 bits per heavy atom. The highest BCUT2D eigenvalue weighted by Gasteiger charge is 2.03. The normalized spacial score (nSPS) is 12.5. The van der Waals surface area contributed by atoms with E-state index >= 15 is 0 Å². The van der Waals surface area contributed by atoms with Crippen molar-refractivity contribution in [3.8, 4) is 0 Å². The molecule has 0 fully saturated rings. The topological polar surface area (TPSA) is 84.1 Å². The quantitative estimate of drug-likeness (QED) is 0.728. The van der Waals surface area contributed by atoms with Gasteiger partial charge >= 0.3 is 0 Å². The SMILES string of the molecule is CC(O)CNc1nc(N)ncc1Br. The Morgan fingerprint density at radius 1 is 1.77 bits per heavy atom. The number of nitrogen functional groups attached to an aromatic ring is 1. The molecule has 13 heavy (non-hydrogen) atoms. The standard InChI is InChI=1S/C7H11BrN4O/c1-4(13)2-10-6-5(8)3-11-7(9)12-6/h3-4,13H,2H2,1H3,(H3,9,10,11,12). The number of nitrogens with zero attached hydrogens (tertiary/aromatic N) is 2. The molecule has 0 saturated heterocycles. The van der Waals surface area contributed by atoms with E-state index in [0.29, 0.717) is 12.4 Å². The summed E-state index contributed by atoms with van der Waals surface area (Å²) in [7, 11) is 0. The first kappa shape index (κ1) is 10.2. The van der Waals surface area contributed by atoms with Crippen LogP contribution in [0, 0.1) is 0 Å². The summed E-state index contributed by atoms with van der Waals surface area (Å²) in [5.41, 5.74) is 5.39. The van der Waals surface area contributed by atoms with E-state index in [9.17, 15) is 0 Å². The fourth-order valence-electron chi connectivity index (χ4n) is 0.749. The zero-order chi connectivity index (χ0) is 9.84. The third kappa shape index (κ3) is 3.16. The first-order valence-corrected chi connectivity index (χ1v) is 4.59. The zero-order valence-corrected chi connectivity index (χ0v) is 8.74. The smallest absolute Gasteiger partial charge is 0.221 e. The Morgan fingerprint density at radius 2 is 2.46 bits per heavy atom. The molecular weight excluding hydrogens is 236 g/mol. The lowest BCUT2D eigenvalue weighted by Gasteiger charge is -2.08. The van der Waals surface area contributed by atoms with Gasteiger partial charge in [0.05, 0.1) is 10.6 Å². The number of hydrogen-bond acceptors (Lipinski definition) is 5. The van der Waals surface area contributed by atoms with E-state index in [1.165, 1.54) is 0 Å². The second-order valence-corrected chi connectivity index (χ2v) is 3.51. The largest absolute Gasteiger partial charge is 0.392 e. The minimum atomic E-state index is -0.428. The predicted molar refractivity (Wildman–Crippen MR) is 54.3 cm³/mol. The van der Waals surface area contributed by atoms with Gasteiger partial charge in [-0.25, -0.2) is 4.98 Å². The molecule has 6 heteroatoms. The number of nitrogens with two attached hydrogens (primary N) is 1. The molecule has 0 amide bonds. The molecule has 0 spiro atoms. The number of halogens is 1. The number of nitrogens with one attached hydrogen (secondary N) is 1. The molecule has 0 radical (unpaired) electrons. The predicted octanol–water partition coefficient (Wildman–Crippen LogP) is 0.614. The van der Waals surface area contributed by atoms with Crippen molar-refractivity contribution in [1.82, 2.24) is 9.97 Å². The molecule has 0 aromatic carbocycles. The molecule has 72 valence electrons. The highest BCUT2D eigenvalue weighted by atomic mass is 79.9. The van der Waals surface area contributed by atoms with Crippen molar-refractivity contribution >= 4 is 27.7 Å². The van der Waals surface area contributed by atoms with E-state index in [-0.39, 0.29) is 5.95 Å². The molecule has 1 aromatic heterocycles. The maximum atomic E-state index is 9.02. The Hall–Kier alpha value is -0.880. The van der Waals surface area contributed by atoms with Crippen LogP contribution in [0.25, 0.3) is 0 Å². The molecule has 0 aliphatic rings. The fourth-order valence-corrected chi connectivity index (χ4v) is 1.08. The maximum Gasteiger partial charge on any atom is 0.221 e. The van der Waals surface area contributed by atoms with Crippen LogP contribution in [0.3, 0.4) is 0 Å². The van der Waals surface area contributed by atoms with Crippen LogP contribution in [0.15, 0.2) is 10.7 Å². The van der Waals surface area contributed by atoms with Crippen LogP contribution < -0.4 is 11.1 Å². The van der Waals surface area contributed by atoms with Crippen LogP contribution in [0.4, 0.5) is 11.8 Å². The van der Waals surface area contributed by atoms with E-state index in [1.807, 2.05) is 0 Å². The summed E-state index contributed by atoms with van der Waals surface area (Å²) in [4.78, 5) is 7.73. The van der Waals surface area contributed by atoms with E-state index in [0.717, 1.165) is 4.47 Å². The molecule has 1 atom stereocenters. The lowest BCUT2D eigenvalue weighted by Crippen LogP contribution is -2.16. The van der Waals surface area contributed by atoms with Crippen molar-refractivity contribution in [1.29, 1.82) is 0 Å². The minimum Gasteiger partial charge on any atom is -0.392 e. The Kier molecular flexibility index (Phi) is 3.44. The summed E-state index contributed by atoms with van der Waals surface area (Å²) in [6.07, 6.45) is 1.13. The van der Waals surface area contributed by atoms with Crippen LogP contribution in [-0.4, -0.2) is 27.7 Å². The molecule has 0 bridgehead atoms. The number of aliphatic hydroxyl groups is 1. The first-order chi connectivity index (χ1) is 6.09. The molecule has 1 unspecified atom stereocenters. The van der Waals surface area contributed by atoms with Crippen molar-refractivity contribution in [2.45, 2.75) is 13.0 Å². The summed E-state index contributed by atoms with van der Waals surface area (Å²) < 4.78 is 0.724. The average Bonchev–Trinajstić information content (AvgIpc) is 2.06. The van der Waals surface area contributed by atoms with Gasteiger partial charge in [-0.15, -0.1) is 0 Å². The number of anilines is 2. The van der Waals surface area contributed by atoms with Crippen molar-refractivity contribution in [3.63, 3.8) is 0 Å². The maximum absolute atomic E-state index is 9.02. The first-order valence-electron chi connectivity index (χ1n) is 3.79. The highest BCUT2D eigenvalue weighted by molar-refractivity contribution is 9.10. The summed E-state index contributed by atoms with van der Waals surface area (Å²) >= 11 is 3.26. The van der Waals surface area contributed by atoms with Crippen molar-refractivity contribution in [3.05, 3.63) is 10.7 Å². The molecular formula is C7H11BrN4O. The van der Waals surface area contributed by atoms with Crippen molar-refractivity contribution in [2.75, 3.05) is 17.6 Å². The van der Waals surface area contributed by atoms with Crippen molar-refractivity contribution < 1.29 is 5.11 Å². The lowest BCUT2D eigenvalue weighted by molar-refractivity contribution is 0.208. The van der Waals surface area contributed by atoms with Crippen LogP contribution in [-0.2, 0) is 0 Å². The Bertz CT molecular complexity index is 292. The number of aliphatic hydroxyl groups excluding tert-OH is 1. The van der Waals surface area contributed by atoms with Gasteiger partial charge in [0.15, 0.2) is 0 Å². The molecule has 5 nitrogen and oxygen atoms in total. The molecule has 1 aromatic rings. The van der Waals surface area contributed by atoms with E-state index in [2.05, 4.69) is 31.2 Å². The van der Waals surface area contributed by atoms with E-state index in [1.54, 1.807) is 13.1 Å². The second kappa shape index (κ2) is 4.38. The molecule has 0 aliphatic heterocycles. The van der Waals surface area contributed by atoms with Crippen LogP contribution in [0.5, 0.6) is 0 Å². The van der Waals surface area contributed by atoms with Crippen LogP contribution in [0.2, 0.25) is 0 Å². The van der Waals surface area contributed by atoms with E-state index in [4.69, 9.17) is 10.8 Å². The van der Waals surface area contributed by atoms with Gasteiger partial charge < -0.3 is 16.2 Å². The molecule has 1 heterocycles. The number of aromatic nitrogens is 2. The van der Waals surface area contributed by atoms with Crippen molar-refractivity contribution in [2.24, 2.45) is 0 Å². The van der Waals surface area contributed by atoms with Gasteiger partial charge in [-0.05, 0) is 22.9 Å². The molecule has 0 saturated carbocycles. The highest BCUT2D eigenvalue weighted by Crippen LogP contribution is 2.18. The Balaban J connectivity index is 2.70. The van der Waals surface area contributed by atoms with Gasteiger partial charge in [-0.2, -0.15) is 4.98 Å². The fraction of sp³-hybridized carbons (Fsp3) is 0.429. The number of rotatable bonds is 3. The minimum absolute atomic E-state index is 0.205. The zero-order valence-electron chi connectivity index (χ0n) is 7.16. The van der Waals surface area contributed by atoms with E-state index < -0.39 is 6.10 Å². The molecule has 0 aliphatic carbocycles. The average molecular weight is 247 g/mol. The summed E-state index contributed by atoms with van der Waals surface area (Å²) in [5, 5.41) is 11.9. The lowest BCUT2D eigenvalue weighted by atomic mass is 10.4. The van der Waals surface area contributed by atoms with Gasteiger partial charge in [0.1, 0.15) is 5.82 Å². The monoisotopic (exact) mass is 246 g/mol. The second-order valence-electron chi connectivity index (χ2n) is 2.65. The molecule has 4 N–H and O–H groups in total. The summed E-state index contributed by atoms with van der Waals surface area (Å²) in [6.45, 7) is 2.11. The summed E-state index contributed by atoms with van der Waals surface area (Å²) in [5.74, 6) is 0.796. The van der Waals surface area contributed by atoms with Crippen LogP contribution >= 0.6 is 15.9 Å². The summed E-state index contributed by atoms with van der Waals surface area (Å²) in [6, 6.07) is 0. The van der Waals surface area contributed by atoms with Gasteiger partial charge in [0.25, 0.3) is 0 Å².